The van der Waals surface area contributed by atoms with Gasteiger partial charge in [0.15, 0.2) is 5.69 Å². The van der Waals surface area contributed by atoms with Crippen LogP contribution < -0.4 is 10.5 Å². The van der Waals surface area contributed by atoms with Crippen molar-refractivity contribution in [3.8, 4) is 5.75 Å². The number of carbonyl (C=O) groups excluding carboxylic acids is 1. The first-order valence-corrected chi connectivity index (χ1v) is 5.79. The number of rotatable bonds is 5. The minimum atomic E-state index is -0.541. The number of ether oxygens (including phenoxy) is 2. The van der Waals surface area contributed by atoms with E-state index in [-0.39, 0.29) is 11.5 Å². The Morgan fingerprint density at radius 1 is 1.37 bits per heavy atom. The number of benzene rings is 1. The minimum Gasteiger partial charge on any atom is -0.492 e. The molecule has 2 N–H and O–H groups in total. The van der Waals surface area contributed by atoms with Crippen LogP contribution in [0.3, 0.4) is 0 Å². The molecule has 1 heterocycles. The molecule has 0 aliphatic rings. The molecule has 0 aliphatic heterocycles. The second kappa shape index (κ2) is 5.90. The Labute approximate surface area is 110 Å². The third kappa shape index (κ3) is 3.04. The molecule has 1 aromatic heterocycles. The molecule has 6 heteroatoms. The van der Waals surface area contributed by atoms with Gasteiger partial charge in [-0.2, -0.15) is 0 Å². The van der Waals surface area contributed by atoms with Gasteiger partial charge in [-0.25, -0.2) is 9.78 Å². The average Bonchev–Trinajstić information content (AvgIpc) is 2.81. The summed E-state index contributed by atoms with van der Waals surface area (Å²) in [6.45, 7) is 0.940. The Hall–Kier alpha value is -2.50. The maximum Gasteiger partial charge on any atom is 0.360 e. The molecule has 0 fully saturated rings. The molecule has 0 radical (unpaired) electrons. The maximum absolute atomic E-state index is 11.3. The summed E-state index contributed by atoms with van der Waals surface area (Å²) in [6.07, 6.45) is 1.50. The van der Waals surface area contributed by atoms with Crippen molar-refractivity contribution in [3.63, 3.8) is 0 Å². The van der Waals surface area contributed by atoms with E-state index in [1.165, 1.54) is 13.4 Å². The Morgan fingerprint density at radius 2 is 2.11 bits per heavy atom. The normalized spacial score (nSPS) is 10.2. The second-order valence-electron chi connectivity index (χ2n) is 3.82. The van der Waals surface area contributed by atoms with E-state index in [4.69, 9.17) is 10.5 Å². The molecular weight excluding hydrogens is 246 g/mol. The van der Waals surface area contributed by atoms with Crippen LogP contribution in [0.15, 0.2) is 36.7 Å². The fourth-order valence-corrected chi connectivity index (χ4v) is 1.60. The van der Waals surface area contributed by atoms with Crippen LogP contribution >= 0.6 is 0 Å². The lowest BCUT2D eigenvalue weighted by Crippen LogP contribution is -2.12. The fraction of sp³-hybridized carbons (Fsp3) is 0.231. The van der Waals surface area contributed by atoms with Crippen LogP contribution in [-0.4, -0.2) is 29.2 Å². The summed E-state index contributed by atoms with van der Waals surface area (Å²) >= 11 is 0. The number of imidazole rings is 1. The van der Waals surface area contributed by atoms with Crippen LogP contribution in [0.2, 0.25) is 0 Å². The maximum atomic E-state index is 11.3. The zero-order chi connectivity index (χ0) is 13.7. The molecule has 0 unspecified atom stereocenters. The lowest BCUT2D eigenvalue weighted by molar-refractivity contribution is 0.0596. The molecule has 1 aromatic carbocycles. The van der Waals surface area contributed by atoms with Gasteiger partial charge in [-0.15, -0.1) is 0 Å². The quantitative estimate of drug-likeness (QED) is 0.821. The Kier molecular flexibility index (Phi) is 4.02. The zero-order valence-corrected chi connectivity index (χ0v) is 10.6. The average molecular weight is 261 g/mol. The van der Waals surface area contributed by atoms with Crippen LogP contribution in [0.25, 0.3) is 0 Å². The highest BCUT2D eigenvalue weighted by Gasteiger charge is 2.15. The van der Waals surface area contributed by atoms with Gasteiger partial charge < -0.3 is 19.8 Å². The van der Waals surface area contributed by atoms with Crippen molar-refractivity contribution in [3.05, 3.63) is 42.4 Å². The standard InChI is InChI=1S/C13H15N3O3/c1-18-13(17)11-12(14)16(9-15-11)7-8-19-10-5-3-2-4-6-10/h2-6,9H,7-8,14H2,1H3. The predicted molar refractivity (Wildman–Crippen MR) is 69.9 cm³/mol. The van der Waals surface area contributed by atoms with Crippen molar-refractivity contribution in [1.82, 2.24) is 9.55 Å². The summed E-state index contributed by atoms with van der Waals surface area (Å²) in [4.78, 5) is 15.3. The van der Waals surface area contributed by atoms with E-state index < -0.39 is 5.97 Å². The van der Waals surface area contributed by atoms with Gasteiger partial charge in [0.1, 0.15) is 18.2 Å². The van der Waals surface area contributed by atoms with Crippen LogP contribution in [-0.2, 0) is 11.3 Å². The smallest absolute Gasteiger partial charge is 0.360 e. The number of anilines is 1. The lowest BCUT2D eigenvalue weighted by Gasteiger charge is -2.07. The number of esters is 1. The second-order valence-corrected chi connectivity index (χ2v) is 3.82. The third-order valence-electron chi connectivity index (χ3n) is 2.60. The number of methoxy groups -OCH3 is 1. The first kappa shape index (κ1) is 12.9. The number of nitrogens with zero attached hydrogens (tertiary/aromatic N) is 2. The first-order valence-electron chi connectivity index (χ1n) is 5.79. The molecule has 0 amide bonds. The van der Waals surface area contributed by atoms with E-state index in [1.807, 2.05) is 30.3 Å². The van der Waals surface area contributed by atoms with Gasteiger partial charge >= 0.3 is 5.97 Å². The number of hydrogen-bond acceptors (Lipinski definition) is 5. The highest BCUT2D eigenvalue weighted by Crippen LogP contribution is 2.12. The van der Waals surface area contributed by atoms with Crippen molar-refractivity contribution in [2.24, 2.45) is 0 Å². The summed E-state index contributed by atoms with van der Waals surface area (Å²) in [6, 6.07) is 9.46. The molecule has 2 aromatic rings. The highest BCUT2D eigenvalue weighted by atomic mass is 16.5. The zero-order valence-electron chi connectivity index (χ0n) is 10.6. The molecular formula is C13H15N3O3. The number of nitrogen functional groups attached to an aromatic ring is 1. The topological polar surface area (TPSA) is 79.4 Å². The number of aromatic nitrogens is 2. The van der Waals surface area contributed by atoms with Gasteiger partial charge in [-0.05, 0) is 12.1 Å². The largest absolute Gasteiger partial charge is 0.492 e. The minimum absolute atomic E-state index is 0.127. The van der Waals surface area contributed by atoms with Gasteiger partial charge in [-0.1, -0.05) is 18.2 Å². The van der Waals surface area contributed by atoms with E-state index >= 15 is 0 Å². The van der Waals surface area contributed by atoms with Gasteiger partial charge in [0.05, 0.1) is 20.0 Å². The van der Waals surface area contributed by atoms with Crippen LogP contribution in [0, 0.1) is 0 Å². The monoisotopic (exact) mass is 261 g/mol. The van der Waals surface area contributed by atoms with Crippen LogP contribution in [0.5, 0.6) is 5.75 Å². The molecule has 0 saturated carbocycles. The molecule has 0 saturated heterocycles. The van der Waals surface area contributed by atoms with Crippen molar-refractivity contribution in [2.45, 2.75) is 6.54 Å². The Morgan fingerprint density at radius 3 is 2.79 bits per heavy atom. The third-order valence-corrected chi connectivity index (χ3v) is 2.60. The van der Waals surface area contributed by atoms with Crippen molar-refractivity contribution >= 4 is 11.8 Å². The summed E-state index contributed by atoms with van der Waals surface area (Å²) in [5, 5.41) is 0. The molecule has 0 bridgehead atoms. The number of hydrogen-bond donors (Lipinski definition) is 1. The molecule has 2 rings (SSSR count). The van der Waals surface area contributed by atoms with Gasteiger partial charge in [-0.3, -0.25) is 0 Å². The van der Waals surface area contributed by atoms with Crippen molar-refractivity contribution in [1.29, 1.82) is 0 Å². The Balaban J connectivity index is 1.93. The molecule has 6 nitrogen and oxygen atoms in total. The molecule has 19 heavy (non-hydrogen) atoms. The van der Waals surface area contributed by atoms with E-state index in [1.54, 1.807) is 4.57 Å². The van der Waals surface area contributed by atoms with Gasteiger partial charge in [0.25, 0.3) is 0 Å². The van der Waals surface area contributed by atoms with Gasteiger partial charge in [0, 0.05) is 0 Å². The van der Waals surface area contributed by atoms with Crippen molar-refractivity contribution < 1.29 is 14.3 Å². The summed E-state index contributed by atoms with van der Waals surface area (Å²) in [5.74, 6) is 0.526. The summed E-state index contributed by atoms with van der Waals surface area (Å²) in [7, 11) is 1.29. The number of para-hydroxylation sites is 1. The summed E-state index contributed by atoms with van der Waals surface area (Å²) < 4.78 is 11.8. The molecule has 0 aliphatic carbocycles. The van der Waals surface area contributed by atoms with E-state index in [0.29, 0.717) is 13.2 Å². The number of nitrogens with two attached hydrogens (primary N) is 1. The van der Waals surface area contributed by atoms with E-state index in [2.05, 4.69) is 9.72 Å². The molecule has 100 valence electrons. The highest BCUT2D eigenvalue weighted by molar-refractivity contribution is 5.91. The molecule has 0 spiro atoms. The number of carbonyl (C=O) groups is 1. The van der Waals surface area contributed by atoms with Crippen LogP contribution in [0.4, 0.5) is 5.82 Å². The predicted octanol–water partition coefficient (Wildman–Crippen LogP) is 1.33. The van der Waals surface area contributed by atoms with Gasteiger partial charge in [0.2, 0.25) is 0 Å². The Bertz CT molecular complexity index is 552. The lowest BCUT2D eigenvalue weighted by atomic mass is 10.3. The SMILES string of the molecule is COC(=O)c1ncn(CCOc2ccccc2)c1N. The van der Waals surface area contributed by atoms with E-state index in [0.717, 1.165) is 5.75 Å². The molecule has 0 atom stereocenters. The summed E-state index contributed by atoms with van der Waals surface area (Å²) in [5.41, 5.74) is 5.93. The first-order chi connectivity index (χ1) is 9.22. The van der Waals surface area contributed by atoms with Crippen molar-refractivity contribution in [2.75, 3.05) is 19.5 Å². The van der Waals surface area contributed by atoms with Crippen LogP contribution in [0.1, 0.15) is 10.5 Å². The fourth-order valence-electron chi connectivity index (χ4n) is 1.60. The van der Waals surface area contributed by atoms with E-state index in [9.17, 15) is 4.79 Å².